The average molecular weight is 415 g/mol. The maximum Gasteiger partial charge on any atom is 0.251 e. The molecule has 0 aromatic carbocycles. The highest BCUT2D eigenvalue weighted by Crippen LogP contribution is 2.37. The van der Waals surface area contributed by atoms with Gasteiger partial charge < -0.3 is 16.0 Å². The molecule has 1 aromatic rings. The number of carbonyl (C=O) groups is 3. The van der Waals surface area contributed by atoms with E-state index in [9.17, 15) is 22.8 Å². The minimum Gasteiger partial charge on any atom is -0.365 e. The fourth-order valence-corrected chi connectivity index (χ4v) is 6.01. The summed E-state index contributed by atoms with van der Waals surface area (Å²) in [6, 6.07) is -0.798. The molecule has 3 heterocycles. The Morgan fingerprint density at radius 1 is 1.26 bits per heavy atom. The number of nitrogens with one attached hydrogen (secondary N) is 1. The van der Waals surface area contributed by atoms with Crippen LogP contribution in [0.4, 0.5) is 5.00 Å². The second kappa shape index (κ2) is 7.21. The van der Waals surface area contributed by atoms with E-state index in [1.807, 2.05) is 0 Å². The zero-order valence-electron chi connectivity index (χ0n) is 15.1. The predicted molar refractivity (Wildman–Crippen MR) is 101 cm³/mol. The topological polar surface area (TPSA) is 130 Å². The van der Waals surface area contributed by atoms with Gasteiger partial charge in [0.05, 0.1) is 18.4 Å². The van der Waals surface area contributed by atoms with E-state index in [4.69, 9.17) is 5.73 Å². The first-order valence-corrected chi connectivity index (χ1v) is 11.2. The Bertz CT molecular complexity index is 908. The number of primary amides is 1. The summed E-state index contributed by atoms with van der Waals surface area (Å²) in [7, 11) is -3.49. The number of thiophene rings is 1. The summed E-state index contributed by atoms with van der Waals surface area (Å²) in [6.45, 7) is 2.63. The number of nitrogens with zero attached hydrogens (tertiary/aromatic N) is 2. The fraction of sp³-hybridized carbons (Fsp3) is 0.562. The van der Waals surface area contributed by atoms with Gasteiger partial charge in [0.1, 0.15) is 11.0 Å². The second-order valence-corrected chi connectivity index (χ2v) is 9.82. The number of sulfonamides is 1. The molecule has 148 valence electrons. The lowest BCUT2D eigenvalue weighted by Gasteiger charge is -2.25. The molecule has 27 heavy (non-hydrogen) atoms. The Kier molecular flexibility index (Phi) is 5.28. The largest absolute Gasteiger partial charge is 0.365 e. The third-order valence-corrected chi connectivity index (χ3v) is 7.34. The molecule has 1 fully saturated rings. The fourth-order valence-electron chi connectivity index (χ4n) is 3.62. The van der Waals surface area contributed by atoms with Crippen molar-refractivity contribution in [2.45, 2.75) is 38.8 Å². The average Bonchev–Trinajstić information content (AvgIpc) is 3.17. The Morgan fingerprint density at radius 2 is 1.96 bits per heavy atom. The minimum atomic E-state index is -3.49. The summed E-state index contributed by atoms with van der Waals surface area (Å²) in [6.07, 6.45) is 2.59. The molecule has 3 rings (SSSR count). The van der Waals surface area contributed by atoms with Gasteiger partial charge in [-0.1, -0.05) is 0 Å². The van der Waals surface area contributed by atoms with Gasteiger partial charge in [0.25, 0.3) is 5.91 Å². The lowest BCUT2D eigenvalue weighted by molar-refractivity contribution is -0.129. The zero-order valence-corrected chi connectivity index (χ0v) is 16.8. The SMILES string of the molecule is CC(=O)N1CCc2c(sc(NC(=O)C3CCCN3S(C)(=O)=O)c2C(N)=O)C1. The Balaban J connectivity index is 1.88. The van der Waals surface area contributed by atoms with Crippen LogP contribution >= 0.6 is 11.3 Å². The van der Waals surface area contributed by atoms with E-state index in [0.717, 1.165) is 16.7 Å². The third-order valence-electron chi connectivity index (χ3n) is 4.92. The maximum absolute atomic E-state index is 12.7. The first kappa shape index (κ1) is 19.8. The normalized spacial score (nSPS) is 20.4. The van der Waals surface area contributed by atoms with E-state index in [0.29, 0.717) is 43.9 Å². The summed E-state index contributed by atoms with van der Waals surface area (Å²) >= 11 is 1.21. The molecule has 3 N–H and O–H groups in total. The van der Waals surface area contributed by atoms with Crippen molar-refractivity contribution in [3.05, 3.63) is 16.0 Å². The molecule has 0 aliphatic carbocycles. The summed E-state index contributed by atoms with van der Waals surface area (Å²) < 4.78 is 24.9. The van der Waals surface area contributed by atoms with Crippen LogP contribution in [-0.4, -0.2) is 60.7 Å². The standard InChI is InChI=1S/C16H22N4O5S2/c1-9(21)19-7-5-10-12(8-19)26-16(13(10)14(17)22)18-15(23)11-4-3-6-20(11)27(2,24)25/h11H,3-8H2,1-2H3,(H2,17,22)(H,18,23). The van der Waals surface area contributed by atoms with Crippen molar-refractivity contribution >= 4 is 44.1 Å². The van der Waals surface area contributed by atoms with Crippen molar-refractivity contribution in [3.8, 4) is 0 Å². The quantitative estimate of drug-likeness (QED) is 0.722. The van der Waals surface area contributed by atoms with E-state index in [1.54, 1.807) is 4.90 Å². The number of amides is 3. The Morgan fingerprint density at radius 3 is 2.56 bits per heavy atom. The molecule has 0 radical (unpaired) electrons. The van der Waals surface area contributed by atoms with Gasteiger partial charge in [-0.2, -0.15) is 4.31 Å². The van der Waals surface area contributed by atoms with E-state index in [1.165, 1.54) is 22.6 Å². The van der Waals surface area contributed by atoms with Gasteiger partial charge in [0.15, 0.2) is 0 Å². The van der Waals surface area contributed by atoms with Crippen molar-refractivity contribution in [2.75, 3.05) is 24.7 Å². The lowest BCUT2D eigenvalue weighted by atomic mass is 10.0. The molecule has 0 saturated carbocycles. The van der Waals surface area contributed by atoms with Crippen LogP contribution in [0.15, 0.2) is 0 Å². The van der Waals surface area contributed by atoms with Crippen molar-refractivity contribution < 1.29 is 22.8 Å². The molecule has 0 bridgehead atoms. The van der Waals surface area contributed by atoms with Gasteiger partial charge in [-0.15, -0.1) is 11.3 Å². The van der Waals surface area contributed by atoms with Gasteiger partial charge in [-0.05, 0) is 24.8 Å². The molecule has 3 amide bonds. The number of anilines is 1. The molecular formula is C16H22N4O5S2. The van der Waals surface area contributed by atoms with Crippen molar-refractivity contribution in [3.63, 3.8) is 0 Å². The highest BCUT2D eigenvalue weighted by Gasteiger charge is 2.37. The second-order valence-electron chi connectivity index (χ2n) is 6.78. The molecule has 2 aliphatic heterocycles. The number of hydrogen-bond acceptors (Lipinski definition) is 6. The summed E-state index contributed by atoms with van der Waals surface area (Å²) in [5.41, 5.74) is 6.55. The van der Waals surface area contributed by atoms with Gasteiger partial charge in [0, 0.05) is 24.9 Å². The molecule has 1 unspecified atom stereocenters. The first-order chi connectivity index (χ1) is 12.6. The number of carbonyl (C=O) groups excluding carboxylic acids is 3. The number of nitrogens with two attached hydrogens (primary N) is 1. The molecular weight excluding hydrogens is 392 g/mol. The molecule has 1 aromatic heterocycles. The predicted octanol–water partition coefficient (Wildman–Crippen LogP) is 0.114. The van der Waals surface area contributed by atoms with Gasteiger partial charge in [0.2, 0.25) is 21.8 Å². The minimum absolute atomic E-state index is 0.0602. The van der Waals surface area contributed by atoms with Crippen molar-refractivity contribution in [1.82, 2.24) is 9.21 Å². The molecule has 9 nitrogen and oxygen atoms in total. The number of fused-ring (bicyclic) bond motifs is 1. The molecule has 1 saturated heterocycles. The van der Waals surface area contributed by atoms with Gasteiger partial charge in [-0.25, -0.2) is 8.42 Å². The van der Waals surface area contributed by atoms with Crippen LogP contribution in [0.5, 0.6) is 0 Å². The Labute approximate surface area is 161 Å². The zero-order chi connectivity index (χ0) is 19.9. The van der Waals surface area contributed by atoms with Crippen LogP contribution in [0, 0.1) is 0 Å². The van der Waals surface area contributed by atoms with Crippen LogP contribution in [0.2, 0.25) is 0 Å². The van der Waals surface area contributed by atoms with Crippen LogP contribution in [0.1, 0.15) is 40.6 Å². The first-order valence-electron chi connectivity index (χ1n) is 8.57. The smallest absolute Gasteiger partial charge is 0.251 e. The number of hydrogen-bond donors (Lipinski definition) is 2. The van der Waals surface area contributed by atoms with Gasteiger partial charge in [-0.3, -0.25) is 14.4 Å². The van der Waals surface area contributed by atoms with E-state index < -0.39 is 27.9 Å². The van der Waals surface area contributed by atoms with Crippen molar-refractivity contribution in [1.29, 1.82) is 0 Å². The van der Waals surface area contributed by atoms with Crippen LogP contribution < -0.4 is 11.1 Å². The molecule has 0 spiro atoms. The van der Waals surface area contributed by atoms with E-state index in [-0.39, 0.29) is 11.5 Å². The van der Waals surface area contributed by atoms with Crippen LogP contribution in [0.25, 0.3) is 0 Å². The highest BCUT2D eigenvalue weighted by molar-refractivity contribution is 7.88. The molecule has 11 heteroatoms. The summed E-state index contributed by atoms with van der Waals surface area (Å²) in [5, 5.41) is 3.03. The van der Waals surface area contributed by atoms with Gasteiger partial charge >= 0.3 is 0 Å². The number of rotatable bonds is 4. The molecule has 1 atom stereocenters. The Hall–Kier alpha value is -1.98. The molecule has 2 aliphatic rings. The van der Waals surface area contributed by atoms with Crippen LogP contribution in [-0.2, 0) is 32.6 Å². The van der Waals surface area contributed by atoms with E-state index >= 15 is 0 Å². The van der Waals surface area contributed by atoms with Crippen LogP contribution in [0.3, 0.4) is 0 Å². The van der Waals surface area contributed by atoms with E-state index in [2.05, 4.69) is 5.32 Å². The lowest BCUT2D eigenvalue weighted by Crippen LogP contribution is -2.42. The summed E-state index contributed by atoms with van der Waals surface area (Å²) in [4.78, 5) is 38.8. The summed E-state index contributed by atoms with van der Waals surface area (Å²) in [5.74, 6) is -1.18. The maximum atomic E-state index is 12.7. The monoisotopic (exact) mass is 414 g/mol. The third kappa shape index (κ3) is 3.85. The van der Waals surface area contributed by atoms with Crippen molar-refractivity contribution in [2.24, 2.45) is 5.73 Å². The highest BCUT2D eigenvalue weighted by atomic mass is 32.2.